The van der Waals surface area contributed by atoms with Crippen LogP contribution in [0.3, 0.4) is 0 Å². The number of rotatable bonds is 6. The summed E-state index contributed by atoms with van der Waals surface area (Å²) < 4.78 is 11.1. The highest BCUT2D eigenvalue weighted by atomic mass is 16.5. The van der Waals surface area contributed by atoms with E-state index in [9.17, 15) is 4.79 Å². The lowest BCUT2D eigenvalue weighted by molar-refractivity contribution is 0.0532. The van der Waals surface area contributed by atoms with Crippen LogP contribution in [0.5, 0.6) is 5.75 Å². The van der Waals surface area contributed by atoms with Crippen molar-refractivity contribution in [2.24, 2.45) is 0 Å². The summed E-state index contributed by atoms with van der Waals surface area (Å²) in [6.07, 6.45) is 4.63. The van der Waals surface area contributed by atoms with Gasteiger partial charge in [0.1, 0.15) is 12.1 Å². The average molecular weight is 399 g/mol. The van der Waals surface area contributed by atoms with Crippen LogP contribution in [0, 0.1) is 0 Å². The second-order valence-electron chi connectivity index (χ2n) is 7.50. The van der Waals surface area contributed by atoms with E-state index in [0.29, 0.717) is 45.4 Å². The van der Waals surface area contributed by atoms with Gasteiger partial charge in [0.15, 0.2) is 0 Å². The van der Waals surface area contributed by atoms with Crippen molar-refractivity contribution in [1.82, 2.24) is 25.5 Å². The number of hydrogen-bond acceptors (Lipinski definition) is 6. The van der Waals surface area contributed by atoms with Gasteiger partial charge in [-0.1, -0.05) is 0 Å². The number of nitrogens with one attached hydrogen (secondary N) is 2. The molecule has 0 atom stereocenters. The summed E-state index contributed by atoms with van der Waals surface area (Å²) in [6, 6.07) is 6.01. The Morgan fingerprint density at radius 2 is 2.07 bits per heavy atom. The molecule has 2 aliphatic heterocycles. The first-order valence-corrected chi connectivity index (χ1v) is 10.5. The van der Waals surface area contributed by atoms with Crippen LogP contribution in [0.1, 0.15) is 30.9 Å². The molecule has 2 fully saturated rings. The number of amides is 2. The molecule has 0 spiro atoms. The molecule has 0 unspecified atom stereocenters. The molecule has 29 heavy (non-hydrogen) atoms. The lowest BCUT2D eigenvalue weighted by Gasteiger charge is -2.26. The van der Waals surface area contributed by atoms with Crippen molar-refractivity contribution in [3.05, 3.63) is 30.2 Å². The molecule has 2 N–H and O–H groups in total. The monoisotopic (exact) mass is 399 g/mol. The summed E-state index contributed by atoms with van der Waals surface area (Å²) in [4.78, 5) is 22.8. The van der Waals surface area contributed by atoms with Crippen LogP contribution >= 0.6 is 0 Å². The van der Waals surface area contributed by atoms with Crippen molar-refractivity contribution in [1.29, 1.82) is 0 Å². The molecule has 2 saturated heterocycles. The van der Waals surface area contributed by atoms with Gasteiger partial charge in [-0.05, 0) is 44.5 Å². The van der Waals surface area contributed by atoms with E-state index >= 15 is 0 Å². The van der Waals surface area contributed by atoms with Crippen LogP contribution in [0.25, 0.3) is 10.9 Å². The number of benzene rings is 1. The summed E-state index contributed by atoms with van der Waals surface area (Å²) in [7, 11) is 0. The van der Waals surface area contributed by atoms with Gasteiger partial charge in [-0.25, -0.2) is 14.8 Å². The number of carbonyl (C=O) groups excluding carboxylic acids is 1. The van der Waals surface area contributed by atoms with E-state index in [1.807, 2.05) is 12.1 Å². The summed E-state index contributed by atoms with van der Waals surface area (Å²) in [6.45, 7) is 5.75. The fourth-order valence-corrected chi connectivity index (χ4v) is 3.90. The predicted octanol–water partition coefficient (Wildman–Crippen LogP) is 1.91. The van der Waals surface area contributed by atoms with Gasteiger partial charge in [0.2, 0.25) is 0 Å². The molecule has 2 aliphatic rings. The van der Waals surface area contributed by atoms with Crippen LogP contribution in [0.15, 0.2) is 24.5 Å². The summed E-state index contributed by atoms with van der Waals surface area (Å²) in [5.74, 6) is 1.29. The molecule has 0 saturated carbocycles. The van der Waals surface area contributed by atoms with E-state index in [0.717, 1.165) is 54.7 Å². The third-order valence-corrected chi connectivity index (χ3v) is 5.53. The molecule has 8 heteroatoms. The van der Waals surface area contributed by atoms with Gasteiger partial charge in [-0.3, -0.25) is 0 Å². The molecule has 8 nitrogen and oxygen atoms in total. The van der Waals surface area contributed by atoms with Gasteiger partial charge in [0.05, 0.1) is 31.0 Å². The zero-order valence-corrected chi connectivity index (χ0v) is 16.7. The van der Waals surface area contributed by atoms with Crippen molar-refractivity contribution < 1.29 is 14.3 Å². The Hall–Kier alpha value is -2.45. The second-order valence-corrected chi connectivity index (χ2v) is 7.50. The Kier molecular flexibility index (Phi) is 6.74. The number of ether oxygens (including phenoxy) is 2. The number of aromatic nitrogens is 2. The number of carbonyl (C=O) groups is 1. The molecule has 2 aromatic rings. The standard InChI is InChI=1S/C21H29N5O3/c27-21(26-9-12-28-13-10-26)23-6-1-11-29-17-2-3-18-19(14-17)24-15-25-20(18)16-4-7-22-8-5-16/h2-3,14-16,22H,1,4-13H2,(H,23,27). The van der Waals surface area contributed by atoms with Crippen LogP contribution in [-0.2, 0) is 4.74 Å². The zero-order chi connectivity index (χ0) is 19.9. The highest BCUT2D eigenvalue weighted by molar-refractivity contribution is 5.82. The minimum atomic E-state index is -0.0267. The molecule has 4 rings (SSSR count). The van der Waals surface area contributed by atoms with E-state index in [2.05, 4.69) is 26.7 Å². The lowest BCUT2D eigenvalue weighted by atomic mass is 9.92. The predicted molar refractivity (Wildman–Crippen MR) is 110 cm³/mol. The van der Waals surface area contributed by atoms with Crippen molar-refractivity contribution in [2.75, 3.05) is 52.5 Å². The topological polar surface area (TPSA) is 88.6 Å². The minimum Gasteiger partial charge on any atom is -0.493 e. The number of urea groups is 1. The molecule has 3 heterocycles. The zero-order valence-electron chi connectivity index (χ0n) is 16.7. The Morgan fingerprint density at radius 1 is 1.24 bits per heavy atom. The summed E-state index contributed by atoms with van der Waals surface area (Å²) in [5.41, 5.74) is 2.07. The van der Waals surface area contributed by atoms with Crippen molar-refractivity contribution in [3.8, 4) is 5.75 Å². The van der Waals surface area contributed by atoms with Crippen LogP contribution in [-0.4, -0.2) is 73.4 Å². The average Bonchev–Trinajstić information content (AvgIpc) is 2.79. The van der Waals surface area contributed by atoms with Crippen LogP contribution in [0.2, 0.25) is 0 Å². The van der Waals surface area contributed by atoms with E-state index < -0.39 is 0 Å². The van der Waals surface area contributed by atoms with Crippen LogP contribution < -0.4 is 15.4 Å². The van der Waals surface area contributed by atoms with Crippen molar-refractivity contribution >= 4 is 16.9 Å². The van der Waals surface area contributed by atoms with Gasteiger partial charge in [-0.2, -0.15) is 0 Å². The van der Waals surface area contributed by atoms with Crippen molar-refractivity contribution in [3.63, 3.8) is 0 Å². The Morgan fingerprint density at radius 3 is 2.90 bits per heavy atom. The van der Waals surface area contributed by atoms with Crippen LogP contribution in [0.4, 0.5) is 4.79 Å². The Bertz CT molecular complexity index is 819. The second kappa shape index (κ2) is 9.84. The molecule has 2 amide bonds. The minimum absolute atomic E-state index is 0.0267. The van der Waals surface area contributed by atoms with Gasteiger partial charge in [0, 0.05) is 37.0 Å². The maximum Gasteiger partial charge on any atom is 0.317 e. The fraction of sp³-hybridized carbons (Fsp3) is 0.571. The van der Waals surface area contributed by atoms with E-state index in [1.165, 1.54) is 0 Å². The molecule has 0 bridgehead atoms. The quantitative estimate of drug-likeness (QED) is 0.722. The highest BCUT2D eigenvalue weighted by Crippen LogP contribution is 2.30. The van der Waals surface area contributed by atoms with Gasteiger partial charge in [0.25, 0.3) is 0 Å². The number of nitrogens with zero attached hydrogens (tertiary/aromatic N) is 3. The normalized spacial score (nSPS) is 18.0. The Balaban J connectivity index is 1.27. The first kappa shape index (κ1) is 19.8. The molecule has 1 aromatic heterocycles. The molecular weight excluding hydrogens is 370 g/mol. The SMILES string of the molecule is O=C(NCCCOc1ccc2c(C3CCNCC3)ncnc2c1)N1CCOCC1. The van der Waals surface area contributed by atoms with Gasteiger partial charge >= 0.3 is 6.03 Å². The number of fused-ring (bicyclic) bond motifs is 1. The first-order chi connectivity index (χ1) is 14.3. The molecule has 1 aromatic carbocycles. The van der Waals surface area contributed by atoms with Crippen molar-refractivity contribution in [2.45, 2.75) is 25.2 Å². The van der Waals surface area contributed by atoms with Gasteiger partial charge < -0.3 is 25.0 Å². The first-order valence-electron chi connectivity index (χ1n) is 10.5. The smallest absolute Gasteiger partial charge is 0.317 e. The summed E-state index contributed by atoms with van der Waals surface area (Å²) >= 11 is 0. The fourth-order valence-electron chi connectivity index (χ4n) is 3.90. The number of morpholine rings is 1. The highest BCUT2D eigenvalue weighted by Gasteiger charge is 2.19. The van der Waals surface area contributed by atoms with Gasteiger partial charge in [-0.15, -0.1) is 0 Å². The molecule has 0 radical (unpaired) electrons. The summed E-state index contributed by atoms with van der Waals surface area (Å²) in [5, 5.41) is 7.46. The number of piperidine rings is 1. The third-order valence-electron chi connectivity index (χ3n) is 5.53. The maximum absolute atomic E-state index is 12.0. The molecule has 156 valence electrons. The molecular formula is C21H29N5O3. The number of hydrogen-bond donors (Lipinski definition) is 2. The van der Waals surface area contributed by atoms with E-state index in [-0.39, 0.29) is 6.03 Å². The van der Waals surface area contributed by atoms with E-state index in [4.69, 9.17) is 9.47 Å². The molecule has 0 aliphatic carbocycles. The Labute approximate surface area is 171 Å². The lowest BCUT2D eigenvalue weighted by Crippen LogP contribution is -2.46. The largest absolute Gasteiger partial charge is 0.493 e. The van der Waals surface area contributed by atoms with E-state index in [1.54, 1.807) is 11.2 Å². The third kappa shape index (κ3) is 5.13. The maximum atomic E-state index is 12.0.